The molecule has 1 saturated carbocycles. The summed E-state index contributed by atoms with van der Waals surface area (Å²) in [4.78, 5) is 17.1. The molecule has 23 heavy (non-hydrogen) atoms. The van der Waals surface area contributed by atoms with Crippen molar-refractivity contribution in [3.8, 4) is 0 Å². The lowest BCUT2D eigenvalue weighted by Gasteiger charge is -2.40. The summed E-state index contributed by atoms with van der Waals surface area (Å²) < 4.78 is 0. The minimum atomic E-state index is -0.101. The fraction of sp³-hybridized carbons (Fsp3) is 0.947. The third-order valence-corrected chi connectivity index (χ3v) is 6.38. The lowest BCUT2D eigenvalue weighted by atomic mass is 9.92. The predicted molar refractivity (Wildman–Crippen MR) is 92.2 cm³/mol. The van der Waals surface area contributed by atoms with E-state index in [0.717, 1.165) is 64.2 Å². The normalized spacial score (nSPS) is 31.7. The SMILES string of the molecule is CC1CC(O)CCN1CC1CCN(C(=O)CC2CCCC2)CC1. The van der Waals surface area contributed by atoms with E-state index in [0.29, 0.717) is 17.9 Å². The molecule has 0 aromatic rings. The highest BCUT2D eigenvalue weighted by atomic mass is 16.3. The monoisotopic (exact) mass is 322 g/mol. The van der Waals surface area contributed by atoms with Crippen LogP contribution >= 0.6 is 0 Å². The zero-order valence-electron chi connectivity index (χ0n) is 14.8. The van der Waals surface area contributed by atoms with Crippen LogP contribution in [0.3, 0.4) is 0 Å². The summed E-state index contributed by atoms with van der Waals surface area (Å²) in [6.07, 6.45) is 10.0. The highest BCUT2D eigenvalue weighted by Crippen LogP contribution is 2.29. The van der Waals surface area contributed by atoms with Crippen molar-refractivity contribution in [2.24, 2.45) is 11.8 Å². The number of hydrogen-bond acceptors (Lipinski definition) is 3. The van der Waals surface area contributed by atoms with Gasteiger partial charge in [-0.15, -0.1) is 0 Å². The van der Waals surface area contributed by atoms with Gasteiger partial charge >= 0.3 is 0 Å². The van der Waals surface area contributed by atoms with E-state index in [9.17, 15) is 9.90 Å². The second-order valence-electron chi connectivity index (χ2n) is 8.20. The van der Waals surface area contributed by atoms with Crippen LogP contribution in [0.4, 0.5) is 0 Å². The van der Waals surface area contributed by atoms with Crippen LogP contribution in [-0.4, -0.2) is 59.1 Å². The quantitative estimate of drug-likeness (QED) is 0.865. The van der Waals surface area contributed by atoms with E-state index in [1.54, 1.807) is 0 Å². The number of aliphatic hydroxyl groups is 1. The smallest absolute Gasteiger partial charge is 0.222 e. The molecule has 0 aromatic carbocycles. The lowest BCUT2D eigenvalue weighted by molar-refractivity contribution is -0.133. The van der Waals surface area contributed by atoms with Crippen molar-refractivity contribution in [2.75, 3.05) is 26.2 Å². The van der Waals surface area contributed by atoms with Crippen LogP contribution in [0.2, 0.25) is 0 Å². The van der Waals surface area contributed by atoms with Gasteiger partial charge in [0.2, 0.25) is 5.91 Å². The fourth-order valence-electron chi connectivity index (χ4n) is 4.75. The van der Waals surface area contributed by atoms with Crippen LogP contribution in [0.1, 0.15) is 64.7 Å². The number of piperidine rings is 2. The van der Waals surface area contributed by atoms with E-state index in [4.69, 9.17) is 0 Å². The Bertz CT molecular complexity index is 387. The molecule has 132 valence electrons. The van der Waals surface area contributed by atoms with Crippen LogP contribution < -0.4 is 0 Å². The summed E-state index contributed by atoms with van der Waals surface area (Å²) in [7, 11) is 0. The van der Waals surface area contributed by atoms with Gasteiger partial charge in [0.15, 0.2) is 0 Å². The standard InChI is InChI=1S/C19H34N2O2/c1-15-12-18(22)8-11-21(15)14-17-6-9-20(10-7-17)19(23)13-16-4-2-3-5-16/h15-18,22H,2-14H2,1H3. The van der Waals surface area contributed by atoms with E-state index >= 15 is 0 Å². The van der Waals surface area contributed by atoms with Gasteiger partial charge in [-0.05, 0) is 57.3 Å². The Morgan fingerprint density at radius 1 is 1.00 bits per heavy atom. The van der Waals surface area contributed by atoms with Crippen LogP contribution in [0, 0.1) is 11.8 Å². The highest BCUT2D eigenvalue weighted by molar-refractivity contribution is 5.76. The Labute approximate surface area is 141 Å². The molecule has 0 radical (unpaired) electrons. The number of carbonyl (C=O) groups excluding carboxylic acids is 1. The van der Waals surface area contributed by atoms with E-state index in [2.05, 4.69) is 16.7 Å². The van der Waals surface area contributed by atoms with Gasteiger partial charge in [0.25, 0.3) is 0 Å². The Kier molecular flexibility index (Phi) is 5.97. The summed E-state index contributed by atoms with van der Waals surface area (Å²) in [6.45, 7) is 6.34. The average Bonchev–Trinajstić information content (AvgIpc) is 3.04. The van der Waals surface area contributed by atoms with Gasteiger partial charge in [-0.25, -0.2) is 0 Å². The van der Waals surface area contributed by atoms with E-state index < -0.39 is 0 Å². The van der Waals surface area contributed by atoms with Gasteiger partial charge in [-0.3, -0.25) is 4.79 Å². The molecule has 3 fully saturated rings. The molecule has 0 bridgehead atoms. The van der Waals surface area contributed by atoms with Crippen molar-refractivity contribution in [3.63, 3.8) is 0 Å². The molecule has 4 nitrogen and oxygen atoms in total. The van der Waals surface area contributed by atoms with Crippen LogP contribution in [0.25, 0.3) is 0 Å². The molecule has 1 aliphatic carbocycles. The van der Waals surface area contributed by atoms with Gasteiger partial charge < -0.3 is 14.9 Å². The topological polar surface area (TPSA) is 43.8 Å². The molecule has 3 aliphatic rings. The molecule has 1 amide bonds. The number of likely N-dealkylation sites (tertiary alicyclic amines) is 2. The maximum atomic E-state index is 12.4. The first-order valence-corrected chi connectivity index (χ1v) is 9.81. The molecule has 4 heteroatoms. The molecule has 2 unspecified atom stereocenters. The summed E-state index contributed by atoms with van der Waals surface area (Å²) in [5.74, 6) is 1.80. The average molecular weight is 322 g/mol. The summed E-state index contributed by atoms with van der Waals surface area (Å²) in [6, 6.07) is 0.501. The van der Waals surface area contributed by atoms with Gasteiger partial charge in [0, 0.05) is 38.6 Å². The maximum absolute atomic E-state index is 12.4. The first-order chi connectivity index (χ1) is 11.1. The minimum absolute atomic E-state index is 0.101. The van der Waals surface area contributed by atoms with Crippen molar-refractivity contribution in [3.05, 3.63) is 0 Å². The molecule has 1 N–H and O–H groups in total. The largest absolute Gasteiger partial charge is 0.393 e. The number of carbonyl (C=O) groups is 1. The Morgan fingerprint density at radius 3 is 2.35 bits per heavy atom. The summed E-state index contributed by atoms with van der Waals surface area (Å²) in [5.41, 5.74) is 0. The summed E-state index contributed by atoms with van der Waals surface area (Å²) >= 11 is 0. The van der Waals surface area contributed by atoms with Crippen LogP contribution in [0.5, 0.6) is 0 Å². The Balaban J connectivity index is 1.38. The van der Waals surface area contributed by atoms with Crippen molar-refractivity contribution < 1.29 is 9.90 Å². The predicted octanol–water partition coefficient (Wildman–Crippen LogP) is 2.65. The fourth-order valence-corrected chi connectivity index (χ4v) is 4.75. The second-order valence-corrected chi connectivity index (χ2v) is 8.20. The molecule has 2 aliphatic heterocycles. The Morgan fingerprint density at radius 2 is 1.70 bits per heavy atom. The van der Waals surface area contributed by atoms with E-state index in [1.807, 2.05) is 0 Å². The zero-order valence-corrected chi connectivity index (χ0v) is 14.8. The molecule has 0 spiro atoms. The molecular formula is C19H34N2O2. The second kappa shape index (κ2) is 7.98. The van der Waals surface area contributed by atoms with Crippen molar-refractivity contribution >= 4 is 5.91 Å². The van der Waals surface area contributed by atoms with Gasteiger partial charge in [-0.2, -0.15) is 0 Å². The lowest BCUT2D eigenvalue weighted by Crippen LogP contribution is -2.47. The van der Waals surface area contributed by atoms with Crippen LogP contribution in [-0.2, 0) is 4.79 Å². The van der Waals surface area contributed by atoms with Gasteiger partial charge in [-0.1, -0.05) is 12.8 Å². The third-order valence-electron chi connectivity index (χ3n) is 6.38. The molecule has 2 atom stereocenters. The van der Waals surface area contributed by atoms with Gasteiger partial charge in [0.05, 0.1) is 6.10 Å². The first kappa shape index (κ1) is 17.2. The van der Waals surface area contributed by atoms with Crippen molar-refractivity contribution in [1.82, 2.24) is 9.80 Å². The Hall–Kier alpha value is -0.610. The number of aliphatic hydroxyl groups excluding tert-OH is 1. The molecular weight excluding hydrogens is 288 g/mol. The first-order valence-electron chi connectivity index (χ1n) is 9.81. The summed E-state index contributed by atoms with van der Waals surface area (Å²) in [5, 5.41) is 9.75. The van der Waals surface area contributed by atoms with E-state index in [1.165, 1.54) is 25.7 Å². The van der Waals surface area contributed by atoms with Crippen LogP contribution in [0.15, 0.2) is 0 Å². The molecule has 0 aromatic heterocycles. The molecule has 2 saturated heterocycles. The minimum Gasteiger partial charge on any atom is -0.393 e. The zero-order chi connectivity index (χ0) is 16.2. The number of hydrogen-bond donors (Lipinski definition) is 1. The third kappa shape index (κ3) is 4.69. The van der Waals surface area contributed by atoms with Crippen molar-refractivity contribution in [1.29, 1.82) is 0 Å². The number of rotatable bonds is 4. The maximum Gasteiger partial charge on any atom is 0.222 e. The van der Waals surface area contributed by atoms with E-state index in [-0.39, 0.29) is 6.10 Å². The van der Waals surface area contributed by atoms with Gasteiger partial charge in [0.1, 0.15) is 0 Å². The van der Waals surface area contributed by atoms with Crippen molar-refractivity contribution in [2.45, 2.75) is 76.9 Å². The number of nitrogens with zero attached hydrogens (tertiary/aromatic N) is 2. The molecule has 3 rings (SSSR count). The molecule has 2 heterocycles. The number of amides is 1. The highest BCUT2D eigenvalue weighted by Gasteiger charge is 2.29.